The first-order chi connectivity index (χ1) is 20.1. The van der Waals surface area contributed by atoms with Gasteiger partial charge in [0, 0.05) is 35.3 Å². The van der Waals surface area contributed by atoms with Gasteiger partial charge in [0.05, 0.1) is 28.6 Å². The van der Waals surface area contributed by atoms with Crippen LogP contribution < -0.4 is 10.6 Å². The smallest absolute Gasteiger partial charge is 0.224 e. The zero-order valence-corrected chi connectivity index (χ0v) is 22.1. The van der Waals surface area contributed by atoms with Crippen molar-refractivity contribution in [2.24, 2.45) is 5.92 Å². The lowest BCUT2D eigenvalue weighted by Crippen LogP contribution is -2.30. The first-order valence-electron chi connectivity index (χ1n) is 13.7. The number of aromatic amines is 2. The Morgan fingerprint density at radius 3 is 2.73 bits per heavy atom. The van der Waals surface area contributed by atoms with E-state index in [1.165, 1.54) is 12.1 Å². The molecule has 5 heterocycles. The fourth-order valence-electron chi connectivity index (χ4n) is 5.49. The molecule has 1 aliphatic heterocycles. The number of carbonyl (C=O) groups is 1. The van der Waals surface area contributed by atoms with Crippen molar-refractivity contribution in [1.29, 1.82) is 0 Å². The standard InChI is InChI=1S/C31H27FN8O/c32-22-3-1-2-20(13-22)28-30-26(8-11-35-28)37-31(38-30)29-24-15-19(4-5-25(24)39-40-29)21-14-23(17-34-16-21)36-27(41)12-18-6-9-33-10-7-18/h1-5,8,11,13-18,33H,6-7,9-10,12H2,(H,36,41)(H,37,38)(H,39,40). The monoisotopic (exact) mass is 546 g/mol. The third-order valence-corrected chi connectivity index (χ3v) is 7.57. The molecule has 41 heavy (non-hydrogen) atoms. The minimum absolute atomic E-state index is 0.0143. The predicted octanol–water partition coefficient (Wildman–Crippen LogP) is 5.70. The number of aromatic nitrogens is 6. The molecule has 7 rings (SSSR count). The van der Waals surface area contributed by atoms with Crippen LogP contribution in [0.5, 0.6) is 0 Å². The van der Waals surface area contributed by atoms with E-state index in [9.17, 15) is 9.18 Å². The molecule has 1 fully saturated rings. The Balaban J connectivity index is 1.19. The Bertz CT molecular complexity index is 1890. The molecule has 1 aliphatic rings. The number of rotatable bonds is 6. The number of imidazole rings is 1. The maximum absolute atomic E-state index is 13.9. The highest BCUT2D eigenvalue weighted by Crippen LogP contribution is 2.33. The van der Waals surface area contributed by atoms with Crippen LogP contribution in [0.3, 0.4) is 0 Å². The molecule has 10 heteroatoms. The second kappa shape index (κ2) is 10.5. The summed E-state index contributed by atoms with van der Waals surface area (Å²) in [4.78, 5) is 29.7. The second-order valence-electron chi connectivity index (χ2n) is 10.4. The number of halogens is 1. The lowest BCUT2D eigenvalue weighted by atomic mass is 9.94. The number of hydrogen-bond acceptors (Lipinski definition) is 6. The number of pyridine rings is 2. The summed E-state index contributed by atoms with van der Waals surface area (Å²) in [5.74, 6) is 0.669. The Hall–Kier alpha value is -4.96. The van der Waals surface area contributed by atoms with Gasteiger partial charge in [-0.25, -0.2) is 9.37 Å². The Morgan fingerprint density at radius 1 is 0.951 bits per heavy atom. The van der Waals surface area contributed by atoms with E-state index in [1.54, 1.807) is 24.7 Å². The molecule has 1 amide bonds. The highest BCUT2D eigenvalue weighted by molar-refractivity contribution is 5.98. The van der Waals surface area contributed by atoms with Crippen molar-refractivity contribution in [1.82, 2.24) is 35.5 Å². The van der Waals surface area contributed by atoms with Gasteiger partial charge in [0.1, 0.15) is 17.0 Å². The number of amides is 1. The predicted molar refractivity (Wildman–Crippen MR) is 156 cm³/mol. The van der Waals surface area contributed by atoms with Gasteiger partial charge in [-0.2, -0.15) is 5.10 Å². The molecule has 0 atom stereocenters. The van der Waals surface area contributed by atoms with E-state index in [4.69, 9.17) is 4.98 Å². The van der Waals surface area contributed by atoms with E-state index in [0.717, 1.165) is 53.5 Å². The van der Waals surface area contributed by atoms with Crippen molar-refractivity contribution < 1.29 is 9.18 Å². The Morgan fingerprint density at radius 2 is 1.85 bits per heavy atom. The Labute approximate surface area is 234 Å². The van der Waals surface area contributed by atoms with Crippen molar-refractivity contribution in [3.63, 3.8) is 0 Å². The largest absolute Gasteiger partial charge is 0.336 e. The van der Waals surface area contributed by atoms with Crippen LogP contribution in [0, 0.1) is 11.7 Å². The number of fused-ring (bicyclic) bond motifs is 2. The van der Waals surface area contributed by atoms with Crippen molar-refractivity contribution in [2.75, 3.05) is 18.4 Å². The van der Waals surface area contributed by atoms with Crippen molar-refractivity contribution >= 4 is 33.5 Å². The highest BCUT2D eigenvalue weighted by Gasteiger charge is 2.18. The van der Waals surface area contributed by atoms with E-state index in [0.29, 0.717) is 46.3 Å². The molecule has 4 aromatic heterocycles. The summed E-state index contributed by atoms with van der Waals surface area (Å²) in [5, 5.41) is 14.9. The van der Waals surface area contributed by atoms with E-state index in [1.807, 2.05) is 36.4 Å². The van der Waals surface area contributed by atoms with Crippen molar-refractivity contribution in [3.8, 4) is 33.9 Å². The van der Waals surface area contributed by atoms with Crippen LogP contribution in [-0.4, -0.2) is 49.1 Å². The van der Waals surface area contributed by atoms with Gasteiger partial charge in [-0.15, -0.1) is 0 Å². The topological polar surface area (TPSA) is 124 Å². The number of hydrogen-bond donors (Lipinski definition) is 4. The third kappa shape index (κ3) is 5.05. The number of carbonyl (C=O) groups excluding carboxylic acids is 1. The van der Waals surface area contributed by atoms with Gasteiger partial charge in [-0.3, -0.25) is 19.9 Å². The van der Waals surface area contributed by atoms with Gasteiger partial charge in [-0.1, -0.05) is 18.2 Å². The van der Waals surface area contributed by atoms with Gasteiger partial charge in [0.15, 0.2) is 5.82 Å². The fourth-order valence-corrected chi connectivity index (χ4v) is 5.49. The third-order valence-electron chi connectivity index (χ3n) is 7.57. The molecule has 4 N–H and O–H groups in total. The van der Waals surface area contributed by atoms with E-state index >= 15 is 0 Å². The summed E-state index contributed by atoms with van der Waals surface area (Å²) >= 11 is 0. The van der Waals surface area contributed by atoms with Crippen molar-refractivity contribution in [2.45, 2.75) is 19.3 Å². The molecular formula is C31H27FN8O. The normalized spacial score (nSPS) is 14.1. The molecule has 0 spiro atoms. The van der Waals surface area contributed by atoms with Crippen LogP contribution in [0.15, 0.2) is 73.2 Å². The molecule has 6 aromatic rings. The molecule has 0 saturated carbocycles. The minimum atomic E-state index is -0.331. The van der Waals surface area contributed by atoms with Crippen LogP contribution in [0.25, 0.3) is 55.8 Å². The number of nitrogens with zero attached hydrogens (tertiary/aromatic N) is 4. The summed E-state index contributed by atoms with van der Waals surface area (Å²) in [6.07, 6.45) is 7.69. The average molecular weight is 547 g/mol. The number of anilines is 1. The second-order valence-corrected chi connectivity index (χ2v) is 10.4. The maximum atomic E-state index is 13.9. The number of benzene rings is 2. The minimum Gasteiger partial charge on any atom is -0.336 e. The Kier molecular flexibility index (Phi) is 6.44. The summed E-state index contributed by atoms with van der Waals surface area (Å²) in [5.41, 5.74) is 6.64. The zero-order valence-electron chi connectivity index (χ0n) is 22.1. The van der Waals surface area contributed by atoms with Crippen LogP contribution >= 0.6 is 0 Å². The van der Waals surface area contributed by atoms with Crippen LogP contribution in [-0.2, 0) is 4.79 Å². The lowest BCUT2D eigenvalue weighted by Gasteiger charge is -2.21. The number of piperidine rings is 1. The summed E-state index contributed by atoms with van der Waals surface area (Å²) in [6.45, 7) is 1.93. The average Bonchev–Trinajstić information content (AvgIpc) is 3.61. The van der Waals surface area contributed by atoms with E-state index in [-0.39, 0.29) is 11.7 Å². The van der Waals surface area contributed by atoms with Gasteiger partial charge in [0.25, 0.3) is 0 Å². The van der Waals surface area contributed by atoms with Gasteiger partial charge >= 0.3 is 0 Å². The molecule has 0 radical (unpaired) electrons. The summed E-state index contributed by atoms with van der Waals surface area (Å²) in [7, 11) is 0. The van der Waals surface area contributed by atoms with Crippen LogP contribution in [0.4, 0.5) is 10.1 Å². The highest BCUT2D eigenvalue weighted by atomic mass is 19.1. The van der Waals surface area contributed by atoms with Gasteiger partial charge in [-0.05, 0) is 73.8 Å². The SMILES string of the molecule is O=C(CC1CCNCC1)Nc1cncc(-c2ccc3[nH]nc(-c4nc5c(-c6cccc(F)c6)nccc5[nH]4)c3c2)c1. The van der Waals surface area contributed by atoms with E-state index in [2.05, 4.69) is 35.8 Å². The fraction of sp³-hybridized carbons (Fsp3) is 0.194. The van der Waals surface area contributed by atoms with Gasteiger partial charge < -0.3 is 15.6 Å². The number of H-pyrrole nitrogens is 2. The quantitative estimate of drug-likeness (QED) is 0.213. The zero-order chi connectivity index (χ0) is 27.8. The molecule has 2 aromatic carbocycles. The maximum Gasteiger partial charge on any atom is 0.224 e. The van der Waals surface area contributed by atoms with Crippen LogP contribution in [0.1, 0.15) is 19.3 Å². The summed E-state index contributed by atoms with van der Waals surface area (Å²) < 4.78 is 13.9. The molecule has 0 unspecified atom stereocenters. The summed E-state index contributed by atoms with van der Waals surface area (Å²) in [6, 6.07) is 16.1. The first-order valence-corrected chi connectivity index (χ1v) is 13.7. The van der Waals surface area contributed by atoms with E-state index < -0.39 is 0 Å². The lowest BCUT2D eigenvalue weighted by molar-refractivity contribution is -0.117. The van der Waals surface area contributed by atoms with Crippen LogP contribution in [0.2, 0.25) is 0 Å². The van der Waals surface area contributed by atoms with Gasteiger partial charge in [0.2, 0.25) is 5.91 Å². The molecule has 204 valence electrons. The van der Waals surface area contributed by atoms with Crippen molar-refractivity contribution in [3.05, 3.63) is 79.0 Å². The molecule has 9 nitrogen and oxygen atoms in total. The number of nitrogens with one attached hydrogen (secondary N) is 4. The molecule has 0 aliphatic carbocycles. The molecule has 0 bridgehead atoms. The molecule has 1 saturated heterocycles. The molecular weight excluding hydrogens is 519 g/mol. The first kappa shape index (κ1) is 25.0.